The summed E-state index contributed by atoms with van der Waals surface area (Å²) in [4.78, 5) is 13.3. The van der Waals surface area contributed by atoms with Gasteiger partial charge in [0, 0.05) is 13.1 Å². The van der Waals surface area contributed by atoms with Crippen LogP contribution in [0.2, 0.25) is 0 Å². The Balaban J connectivity index is 0.00000363. The van der Waals surface area contributed by atoms with Gasteiger partial charge >= 0.3 is 5.97 Å². The number of carboxylic acid groups (broad SMARTS) is 1. The van der Waals surface area contributed by atoms with E-state index in [9.17, 15) is 18.7 Å². The number of hydrogen-bond acceptors (Lipinski definition) is 3. The van der Waals surface area contributed by atoms with Crippen LogP contribution in [0.3, 0.4) is 0 Å². The maximum Gasteiger partial charge on any atom is 0.307 e. The van der Waals surface area contributed by atoms with Gasteiger partial charge in [-0.25, -0.2) is 8.78 Å². The predicted octanol–water partition coefficient (Wildman–Crippen LogP) is 5.25. The van der Waals surface area contributed by atoms with Crippen molar-refractivity contribution in [3.05, 3.63) is 76.4 Å². The zero-order valence-electron chi connectivity index (χ0n) is 18.4. The summed E-state index contributed by atoms with van der Waals surface area (Å²) in [6.07, 6.45) is 3.50. The second kappa shape index (κ2) is 12.1. The lowest BCUT2D eigenvalue weighted by molar-refractivity contribution is -0.143. The van der Waals surface area contributed by atoms with Gasteiger partial charge in [-0.2, -0.15) is 0 Å². The second-order valence-electron chi connectivity index (χ2n) is 8.09. The molecule has 1 heterocycles. The summed E-state index contributed by atoms with van der Waals surface area (Å²) in [5.41, 5.74) is 4.07. The third-order valence-corrected chi connectivity index (χ3v) is 5.78. The Morgan fingerprint density at radius 2 is 1.84 bits per heavy atom. The monoisotopic (exact) mass is 465 g/mol. The molecule has 0 aliphatic carbocycles. The van der Waals surface area contributed by atoms with Crippen LogP contribution >= 0.6 is 12.4 Å². The van der Waals surface area contributed by atoms with Gasteiger partial charge in [0.1, 0.15) is 11.6 Å². The topological polar surface area (TPSA) is 49.8 Å². The van der Waals surface area contributed by atoms with Gasteiger partial charge in [-0.1, -0.05) is 18.2 Å². The highest BCUT2D eigenvalue weighted by atomic mass is 35.5. The van der Waals surface area contributed by atoms with Gasteiger partial charge in [0.25, 0.3) is 0 Å². The molecule has 3 rings (SSSR count). The number of carbonyl (C=O) groups is 1. The molecule has 0 bridgehead atoms. The fourth-order valence-corrected chi connectivity index (χ4v) is 4.06. The molecule has 1 aliphatic heterocycles. The van der Waals surface area contributed by atoms with Gasteiger partial charge < -0.3 is 14.7 Å². The molecule has 0 spiro atoms. The average Bonchev–Trinajstić information content (AvgIpc) is 2.73. The average molecular weight is 466 g/mol. The van der Waals surface area contributed by atoms with Crippen LogP contribution in [0, 0.1) is 31.4 Å². The quantitative estimate of drug-likeness (QED) is 0.541. The molecule has 4 nitrogen and oxygen atoms in total. The minimum Gasteiger partial charge on any atom is -0.481 e. The van der Waals surface area contributed by atoms with Gasteiger partial charge in [-0.15, -0.1) is 12.4 Å². The van der Waals surface area contributed by atoms with Crippen LogP contribution in [-0.2, 0) is 9.53 Å². The van der Waals surface area contributed by atoms with Gasteiger partial charge in [0.05, 0.1) is 19.1 Å². The van der Waals surface area contributed by atoms with Crippen molar-refractivity contribution in [1.29, 1.82) is 0 Å². The van der Waals surface area contributed by atoms with Crippen molar-refractivity contribution in [2.75, 3.05) is 32.8 Å². The van der Waals surface area contributed by atoms with Crippen molar-refractivity contribution in [2.45, 2.75) is 26.7 Å². The first-order valence-electron chi connectivity index (χ1n) is 10.6. The van der Waals surface area contributed by atoms with E-state index in [-0.39, 0.29) is 30.0 Å². The molecule has 2 aromatic carbocycles. The summed E-state index contributed by atoms with van der Waals surface area (Å²) in [5.74, 6) is -1.68. The maximum atomic E-state index is 14.0. The molecular formula is C25H30ClF2NO3. The van der Waals surface area contributed by atoms with E-state index in [1.807, 2.05) is 19.9 Å². The number of likely N-dealkylation sites (tertiary alicyclic amines) is 1. The first-order chi connectivity index (χ1) is 14.8. The molecule has 0 saturated carbocycles. The molecule has 0 radical (unpaired) electrons. The van der Waals surface area contributed by atoms with E-state index in [1.165, 1.54) is 24.3 Å². The molecule has 1 fully saturated rings. The lowest BCUT2D eigenvalue weighted by Crippen LogP contribution is -2.40. The molecule has 7 heteroatoms. The predicted molar refractivity (Wildman–Crippen MR) is 124 cm³/mol. The molecule has 1 aliphatic rings. The summed E-state index contributed by atoms with van der Waals surface area (Å²) >= 11 is 0. The Hall–Kier alpha value is -2.28. The Kier molecular flexibility index (Phi) is 9.82. The molecule has 1 N–H and O–H groups in total. The molecule has 2 aromatic rings. The molecule has 0 amide bonds. The van der Waals surface area contributed by atoms with Crippen molar-refractivity contribution in [3.8, 4) is 0 Å². The fraction of sp³-hybridized carbons (Fsp3) is 0.400. The van der Waals surface area contributed by atoms with Crippen LogP contribution in [0.25, 0.3) is 5.57 Å². The zero-order chi connectivity index (χ0) is 22.4. The van der Waals surface area contributed by atoms with Crippen molar-refractivity contribution in [3.63, 3.8) is 0 Å². The molecule has 32 heavy (non-hydrogen) atoms. The molecule has 1 saturated heterocycles. The summed E-state index contributed by atoms with van der Waals surface area (Å²) in [7, 11) is 0. The smallest absolute Gasteiger partial charge is 0.307 e. The third kappa shape index (κ3) is 6.86. The number of halogens is 3. The maximum absolute atomic E-state index is 14.0. The van der Waals surface area contributed by atoms with E-state index in [0.717, 1.165) is 47.2 Å². The highest BCUT2D eigenvalue weighted by Gasteiger charge is 2.24. The van der Waals surface area contributed by atoms with Crippen LogP contribution in [-0.4, -0.2) is 48.8 Å². The van der Waals surface area contributed by atoms with Crippen LogP contribution < -0.4 is 0 Å². The Morgan fingerprint density at radius 1 is 1.12 bits per heavy atom. The highest BCUT2D eigenvalue weighted by Crippen LogP contribution is 2.29. The number of ether oxygens (including phenoxy) is 1. The van der Waals surface area contributed by atoms with Crippen molar-refractivity contribution < 1.29 is 23.4 Å². The minimum atomic E-state index is -0.738. The summed E-state index contributed by atoms with van der Waals surface area (Å²) in [6, 6.07) is 9.22. The summed E-state index contributed by atoms with van der Waals surface area (Å²) < 4.78 is 33.4. The van der Waals surface area contributed by atoms with Crippen molar-refractivity contribution in [1.82, 2.24) is 4.90 Å². The van der Waals surface area contributed by atoms with Crippen LogP contribution in [0.1, 0.15) is 35.1 Å². The van der Waals surface area contributed by atoms with Crippen molar-refractivity contribution >= 4 is 23.9 Å². The molecule has 0 unspecified atom stereocenters. The zero-order valence-corrected chi connectivity index (χ0v) is 19.3. The number of benzene rings is 2. The van der Waals surface area contributed by atoms with E-state index < -0.39 is 5.97 Å². The number of hydrogen-bond donors (Lipinski definition) is 1. The standard InChI is InChI=1S/C25H29F2NO3.ClH/c1-17-5-6-21(27)15-24(17)23(22-8-7-20(26)14-18(22)2)9-12-31-13-11-28-10-3-4-19(16-28)25(29)30;/h5-9,14-15,19H,3-4,10-13,16H2,1-2H3,(H,29,30);1H/b23-9+;/t19-;/m1./s1. The van der Waals surface area contributed by atoms with Crippen LogP contribution in [0.5, 0.6) is 0 Å². The number of nitrogens with zero attached hydrogens (tertiary/aromatic N) is 1. The lowest BCUT2D eigenvalue weighted by atomic mass is 9.91. The molecular weight excluding hydrogens is 436 g/mol. The lowest BCUT2D eigenvalue weighted by Gasteiger charge is -2.30. The number of piperidine rings is 1. The number of aryl methyl sites for hydroxylation is 2. The molecule has 174 valence electrons. The van der Waals surface area contributed by atoms with Gasteiger partial charge in [-0.3, -0.25) is 4.79 Å². The van der Waals surface area contributed by atoms with E-state index in [0.29, 0.717) is 26.3 Å². The minimum absolute atomic E-state index is 0. The fourth-order valence-electron chi connectivity index (χ4n) is 4.06. The Bertz CT molecular complexity index is 964. The van der Waals surface area contributed by atoms with Gasteiger partial charge in [-0.05, 0) is 85.3 Å². The highest BCUT2D eigenvalue weighted by molar-refractivity contribution is 5.85. The first kappa shape index (κ1) is 26.0. The van der Waals surface area contributed by atoms with Crippen LogP contribution in [0.4, 0.5) is 8.78 Å². The number of carboxylic acids is 1. The Morgan fingerprint density at radius 3 is 2.56 bits per heavy atom. The normalized spacial score (nSPS) is 17.1. The third-order valence-electron chi connectivity index (χ3n) is 5.78. The van der Waals surface area contributed by atoms with Crippen molar-refractivity contribution in [2.24, 2.45) is 5.92 Å². The van der Waals surface area contributed by atoms with E-state index in [1.54, 1.807) is 12.1 Å². The summed E-state index contributed by atoms with van der Waals surface area (Å²) in [5, 5.41) is 9.21. The van der Waals surface area contributed by atoms with Gasteiger partial charge in [0.15, 0.2) is 0 Å². The van der Waals surface area contributed by atoms with E-state index in [2.05, 4.69) is 4.90 Å². The molecule has 1 atom stereocenters. The summed E-state index contributed by atoms with van der Waals surface area (Å²) in [6.45, 7) is 6.64. The van der Waals surface area contributed by atoms with Crippen LogP contribution in [0.15, 0.2) is 42.5 Å². The largest absolute Gasteiger partial charge is 0.481 e. The van der Waals surface area contributed by atoms with E-state index in [4.69, 9.17) is 4.74 Å². The SMILES string of the molecule is Cc1cc(F)ccc1/C(=C\COCCN1CCC[C@@H](C(=O)O)C1)c1cc(F)ccc1C.Cl. The second-order valence-corrected chi connectivity index (χ2v) is 8.09. The molecule has 0 aromatic heterocycles. The number of aliphatic carboxylic acids is 1. The Labute approximate surface area is 194 Å². The number of rotatable bonds is 8. The van der Waals surface area contributed by atoms with E-state index >= 15 is 0 Å². The first-order valence-corrected chi connectivity index (χ1v) is 10.6. The van der Waals surface area contributed by atoms with Gasteiger partial charge in [0.2, 0.25) is 0 Å².